The van der Waals surface area contributed by atoms with Crippen LogP contribution in [0.2, 0.25) is 10.0 Å². The Morgan fingerprint density at radius 1 is 1.44 bits per heavy atom. The van der Waals surface area contributed by atoms with Gasteiger partial charge < -0.3 is 5.43 Å². The summed E-state index contributed by atoms with van der Waals surface area (Å²) in [5.41, 5.74) is 4.88. The van der Waals surface area contributed by atoms with Crippen LogP contribution < -0.4 is 11.3 Å². The average Bonchev–Trinajstić information content (AvgIpc) is 2.70. The van der Waals surface area contributed by atoms with Gasteiger partial charge in [0.1, 0.15) is 0 Å². The van der Waals surface area contributed by atoms with Crippen LogP contribution in [0.3, 0.4) is 0 Å². The fraction of sp³-hybridized carbons (Fsp3) is 0.300. The van der Waals surface area contributed by atoms with Crippen LogP contribution in [0.25, 0.3) is 0 Å². The van der Waals surface area contributed by atoms with E-state index in [9.17, 15) is 0 Å². The first-order valence-corrected chi connectivity index (χ1v) is 6.39. The third kappa shape index (κ3) is 4.22. The highest BCUT2D eigenvalue weighted by Crippen LogP contribution is 2.28. The Hall–Kier alpha value is -0.420. The molecule has 1 unspecified atom stereocenters. The molecule has 0 bridgehead atoms. The molecule has 0 amide bonds. The third-order valence-electron chi connectivity index (χ3n) is 1.84. The van der Waals surface area contributed by atoms with Crippen LogP contribution in [0.15, 0.2) is 23.2 Å². The lowest BCUT2D eigenvalue weighted by Gasteiger charge is -2.03. The number of para-hydroxylation sites is 1. The molecule has 6 heteroatoms. The lowest BCUT2D eigenvalue weighted by atomic mass is 10.3. The van der Waals surface area contributed by atoms with Gasteiger partial charge >= 0.3 is 0 Å². The van der Waals surface area contributed by atoms with Crippen molar-refractivity contribution < 1.29 is 0 Å². The van der Waals surface area contributed by atoms with Gasteiger partial charge in [0, 0.05) is 5.25 Å². The Bertz CT molecular complexity index is 343. The highest BCUT2D eigenvalue weighted by molar-refractivity contribution is 8.12. The second-order valence-corrected chi connectivity index (χ2v) is 5.26. The van der Waals surface area contributed by atoms with E-state index in [4.69, 9.17) is 29.0 Å². The molecule has 0 fully saturated rings. The molecule has 88 valence electrons. The van der Waals surface area contributed by atoms with E-state index in [1.807, 2.05) is 5.55 Å². The Kier molecular flexibility index (Phi) is 5.98. The van der Waals surface area contributed by atoms with Crippen molar-refractivity contribution >= 4 is 46.2 Å². The minimum atomic E-state index is 0.523. The fourth-order valence-corrected chi connectivity index (χ4v) is 2.08. The Morgan fingerprint density at radius 3 is 2.31 bits per heavy atom. The largest absolute Gasteiger partial charge is 0.321 e. The molecule has 0 spiro atoms. The molecule has 1 aromatic carbocycles. The van der Waals surface area contributed by atoms with E-state index >= 15 is 0 Å². The van der Waals surface area contributed by atoms with E-state index in [2.05, 4.69) is 17.3 Å². The summed E-state index contributed by atoms with van der Waals surface area (Å²) in [6.45, 7) is 3.20. The van der Waals surface area contributed by atoms with E-state index in [0.29, 0.717) is 15.7 Å². The molecule has 1 atom stereocenters. The van der Waals surface area contributed by atoms with Gasteiger partial charge in [-0.1, -0.05) is 36.2 Å². The van der Waals surface area contributed by atoms with Crippen molar-refractivity contribution in [2.45, 2.75) is 12.2 Å². The van der Waals surface area contributed by atoms with Crippen LogP contribution in [0.1, 0.15) is 6.92 Å². The second kappa shape index (κ2) is 7.01. The first-order chi connectivity index (χ1) is 7.65. The van der Waals surface area contributed by atoms with Crippen molar-refractivity contribution in [3.05, 3.63) is 28.2 Å². The number of nitrogen functional groups attached to an aromatic ring is 1. The maximum atomic E-state index is 5.70. The minimum absolute atomic E-state index is 0.523. The fourth-order valence-electron chi connectivity index (χ4n) is 1.02. The van der Waals surface area contributed by atoms with Crippen LogP contribution in [-0.4, -0.2) is 17.3 Å². The number of nitrogens with one attached hydrogen (secondary N) is 1. The lowest BCUT2D eigenvalue weighted by molar-refractivity contribution is 0.978. The van der Waals surface area contributed by atoms with E-state index in [0.717, 1.165) is 11.8 Å². The van der Waals surface area contributed by atoms with Gasteiger partial charge in [0.05, 0.1) is 27.8 Å². The summed E-state index contributed by atoms with van der Waals surface area (Å²) in [6.07, 6.45) is 0. The molecule has 0 aromatic heterocycles. The number of nitrogens with two attached hydrogens (primary N) is 1. The first kappa shape index (κ1) is 13.6. The number of aliphatic imine (C=N–C) groups is 1. The summed E-state index contributed by atoms with van der Waals surface area (Å²) in [7, 11) is 0. The van der Waals surface area contributed by atoms with Crippen LogP contribution in [-0.2, 0) is 0 Å². The summed E-state index contributed by atoms with van der Waals surface area (Å²) < 4.78 is 0. The van der Waals surface area contributed by atoms with Gasteiger partial charge in [0.15, 0.2) is 0 Å². The normalized spacial score (nSPS) is 17.9. The van der Waals surface area contributed by atoms with Gasteiger partial charge in [-0.25, -0.2) is 0 Å². The van der Waals surface area contributed by atoms with Gasteiger partial charge in [0.2, 0.25) is 0 Å². The molecule has 0 radical (unpaired) electrons. The second-order valence-electron chi connectivity index (χ2n) is 3.16. The molecule has 16 heavy (non-hydrogen) atoms. The van der Waals surface area contributed by atoms with Crippen molar-refractivity contribution in [1.82, 2.24) is 0 Å². The minimum Gasteiger partial charge on any atom is -0.321 e. The van der Waals surface area contributed by atoms with E-state index in [1.165, 1.54) is 0 Å². The molecule has 3 N–H and O–H groups in total. The SMILES string of the molecule is CC1CN=CS1.NNc1c(Cl)cccc1Cl. The summed E-state index contributed by atoms with van der Waals surface area (Å²) in [5, 5.41) is 1.79. The predicted octanol–water partition coefficient (Wildman–Crippen LogP) is 3.43. The Labute approximate surface area is 109 Å². The number of rotatable bonds is 1. The van der Waals surface area contributed by atoms with Gasteiger partial charge in [-0.3, -0.25) is 10.8 Å². The quantitative estimate of drug-likeness (QED) is 0.611. The molecule has 3 nitrogen and oxygen atoms in total. The van der Waals surface area contributed by atoms with Crippen LogP contribution in [0, 0.1) is 0 Å². The van der Waals surface area contributed by atoms with Crippen LogP contribution in [0.4, 0.5) is 5.69 Å². The average molecular weight is 278 g/mol. The Balaban J connectivity index is 0.000000181. The van der Waals surface area contributed by atoms with Crippen molar-refractivity contribution in [2.24, 2.45) is 10.8 Å². The van der Waals surface area contributed by atoms with E-state index in [1.54, 1.807) is 30.0 Å². The molecular weight excluding hydrogens is 265 g/mol. The highest BCUT2D eigenvalue weighted by atomic mass is 35.5. The maximum Gasteiger partial charge on any atom is 0.0860 e. The zero-order valence-electron chi connectivity index (χ0n) is 8.78. The van der Waals surface area contributed by atoms with E-state index in [-0.39, 0.29) is 0 Å². The summed E-state index contributed by atoms with van der Waals surface area (Å²) in [5.74, 6) is 5.13. The van der Waals surface area contributed by atoms with Gasteiger partial charge in [-0.15, -0.1) is 11.8 Å². The number of hydrogen-bond acceptors (Lipinski definition) is 4. The monoisotopic (exact) mass is 277 g/mol. The smallest absolute Gasteiger partial charge is 0.0860 e. The van der Waals surface area contributed by atoms with Crippen molar-refractivity contribution in [1.29, 1.82) is 0 Å². The van der Waals surface area contributed by atoms with Crippen molar-refractivity contribution in [2.75, 3.05) is 12.0 Å². The molecule has 1 heterocycles. The summed E-state index contributed by atoms with van der Waals surface area (Å²) in [4.78, 5) is 4.00. The van der Waals surface area contributed by atoms with Crippen LogP contribution in [0.5, 0.6) is 0 Å². The lowest BCUT2D eigenvalue weighted by Crippen LogP contribution is -2.07. The molecular formula is C10H13Cl2N3S. The van der Waals surface area contributed by atoms with Crippen LogP contribution >= 0.6 is 35.0 Å². The number of halogens is 2. The number of anilines is 1. The van der Waals surface area contributed by atoms with Gasteiger partial charge in [0.25, 0.3) is 0 Å². The predicted molar refractivity (Wildman–Crippen MR) is 74.7 cm³/mol. The molecule has 2 rings (SSSR count). The Morgan fingerprint density at radius 2 is 2.06 bits per heavy atom. The molecule has 0 saturated heterocycles. The molecule has 1 aliphatic rings. The molecule has 1 aliphatic heterocycles. The third-order valence-corrected chi connectivity index (χ3v) is 3.35. The summed E-state index contributed by atoms with van der Waals surface area (Å²) >= 11 is 13.2. The molecule has 1 aromatic rings. The summed E-state index contributed by atoms with van der Waals surface area (Å²) in [6, 6.07) is 5.18. The van der Waals surface area contributed by atoms with Gasteiger partial charge in [-0.05, 0) is 12.1 Å². The number of benzene rings is 1. The number of nitrogens with zero attached hydrogens (tertiary/aromatic N) is 1. The first-order valence-electron chi connectivity index (χ1n) is 4.69. The standard InChI is InChI=1S/C6H6Cl2N2.C4H7NS/c7-4-2-1-3-5(8)6(4)10-9;1-4-2-5-3-6-4/h1-3,10H,9H2;3-4H,2H2,1H3. The maximum absolute atomic E-state index is 5.70. The van der Waals surface area contributed by atoms with Crippen molar-refractivity contribution in [3.8, 4) is 0 Å². The highest BCUT2D eigenvalue weighted by Gasteiger charge is 2.02. The van der Waals surface area contributed by atoms with Gasteiger partial charge in [-0.2, -0.15) is 0 Å². The number of hydrogen-bond donors (Lipinski definition) is 2. The topological polar surface area (TPSA) is 50.4 Å². The zero-order chi connectivity index (χ0) is 12.0. The number of thioether (sulfide) groups is 1. The van der Waals surface area contributed by atoms with Crippen molar-refractivity contribution in [3.63, 3.8) is 0 Å². The zero-order valence-corrected chi connectivity index (χ0v) is 11.1. The molecule has 0 aliphatic carbocycles. The van der Waals surface area contributed by atoms with E-state index < -0.39 is 0 Å². The molecule has 0 saturated carbocycles. The number of hydrazine groups is 1.